The first-order chi connectivity index (χ1) is 22.8. The Morgan fingerprint density at radius 3 is 1.94 bits per heavy atom. The summed E-state index contributed by atoms with van der Waals surface area (Å²) >= 11 is 16.7. The smallest absolute Gasteiger partial charge is 0.870 e. The maximum Gasteiger partial charge on any atom is 1.00 e. The summed E-state index contributed by atoms with van der Waals surface area (Å²) in [6.07, 6.45) is 2.45. The van der Waals surface area contributed by atoms with Gasteiger partial charge in [0.1, 0.15) is 39.7 Å². The van der Waals surface area contributed by atoms with Crippen molar-refractivity contribution in [1.82, 2.24) is 24.9 Å². The van der Waals surface area contributed by atoms with Gasteiger partial charge in [-0.3, -0.25) is 19.8 Å². The molecule has 0 bridgehead atoms. The van der Waals surface area contributed by atoms with E-state index in [0.29, 0.717) is 50.8 Å². The topological polar surface area (TPSA) is 221 Å². The Morgan fingerprint density at radius 2 is 1.54 bits per heavy atom. The Labute approximate surface area is 327 Å². The van der Waals surface area contributed by atoms with E-state index in [0.717, 1.165) is 13.2 Å². The Hall–Kier alpha value is -3.78. The van der Waals surface area contributed by atoms with Gasteiger partial charge in [0.05, 0.1) is 6.61 Å². The standard InChI is InChI=1S/C10H8ClN3O.C6H6ClN3.C6H3ClN2.C6H10O3.C4H8O.Na.H2O/c1-6-5-9(15)14-10(12-6)7-3-2-4-8(11)13-7;7-5-3-1-2-4(10-5)6(8)9;1-8-6-4-2-3-5(7)9-6;1-3-9-6(8)4-5(2)7;1-2-4-5-3-1;;/h2-5H,1H3,(H,12,14,15);1-3H,(H3,8,9);2-4H;3-4H2,1-2H3;1-4H2;;1H2/q;;;;;+1;/p-1. The number of hydrogen-bond donors (Lipinski definition) is 3. The fourth-order valence-electron chi connectivity index (χ4n) is 3.18. The second-order valence-corrected chi connectivity index (χ2v) is 10.4. The molecule has 1 fully saturated rings. The molecule has 50 heavy (non-hydrogen) atoms. The van der Waals surface area contributed by atoms with E-state index in [4.69, 9.17) is 57.3 Å². The number of aromatic amines is 1. The van der Waals surface area contributed by atoms with Crippen molar-refractivity contribution in [3.05, 3.63) is 109 Å². The summed E-state index contributed by atoms with van der Waals surface area (Å²) in [4.78, 5) is 53.3. The van der Waals surface area contributed by atoms with E-state index >= 15 is 0 Å². The van der Waals surface area contributed by atoms with E-state index in [1.807, 2.05) is 0 Å². The predicted molar refractivity (Wildman–Crippen MR) is 188 cm³/mol. The molecule has 5 heterocycles. The first kappa shape index (κ1) is 48.3. The van der Waals surface area contributed by atoms with E-state index in [9.17, 15) is 14.4 Å². The first-order valence-electron chi connectivity index (χ1n) is 14.2. The van der Waals surface area contributed by atoms with E-state index in [-0.39, 0.29) is 58.6 Å². The zero-order valence-electron chi connectivity index (χ0n) is 28.0. The molecule has 0 amide bonds. The van der Waals surface area contributed by atoms with Crippen LogP contribution in [0.25, 0.3) is 16.4 Å². The zero-order chi connectivity index (χ0) is 35.9. The Morgan fingerprint density at radius 1 is 0.980 bits per heavy atom. The van der Waals surface area contributed by atoms with Crippen LogP contribution in [0.1, 0.15) is 44.5 Å². The molecule has 1 saturated heterocycles. The van der Waals surface area contributed by atoms with Gasteiger partial charge >= 0.3 is 35.5 Å². The molecular formula is C32H36Cl3N8NaO6. The van der Waals surface area contributed by atoms with Crippen molar-refractivity contribution in [3.8, 4) is 11.5 Å². The van der Waals surface area contributed by atoms with Crippen LogP contribution in [0.15, 0.2) is 65.5 Å². The third-order valence-corrected chi connectivity index (χ3v) is 5.79. The first-order valence-corrected chi connectivity index (χ1v) is 15.4. The van der Waals surface area contributed by atoms with Crippen LogP contribution in [0.4, 0.5) is 5.82 Å². The quantitative estimate of drug-likeness (QED) is 0.0510. The average Bonchev–Trinajstić information content (AvgIpc) is 3.62. The number of esters is 1. The second-order valence-electron chi connectivity index (χ2n) is 9.27. The van der Waals surface area contributed by atoms with E-state index < -0.39 is 5.97 Å². The zero-order valence-corrected chi connectivity index (χ0v) is 32.2. The molecule has 0 radical (unpaired) electrons. The SMILES string of the molecule is C1CCOC1.CCOC(=O)CC(C)=O.Cc1cc(=O)[nH]c(-c2cccc(Cl)n2)n1.N=C(N)c1cccc(Cl)n1.[C-]#[N+]c1cccc(Cl)n1.[Na+].[OH-]. The number of hydrogen-bond acceptors (Lipinski definition) is 11. The van der Waals surface area contributed by atoms with Gasteiger partial charge in [-0.1, -0.05) is 48.0 Å². The summed E-state index contributed by atoms with van der Waals surface area (Å²) < 4.78 is 9.44. The monoisotopic (exact) mass is 756 g/mol. The number of ether oxygens (including phenoxy) is 2. The number of nitrogens with one attached hydrogen (secondary N) is 2. The summed E-state index contributed by atoms with van der Waals surface area (Å²) in [5.74, 6) is 0.103. The number of H-pyrrole nitrogens is 1. The molecule has 0 saturated carbocycles. The van der Waals surface area contributed by atoms with Crippen LogP contribution < -0.4 is 40.9 Å². The van der Waals surface area contributed by atoms with Crippen LogP contribution in [0.3, 0.4) is 0 Å². The summed E-state index contributed by atoms with van der Waals surface area (Å²) in [6, 6.07) is 16.5. The van der Waals surface area contributed by atoms with Gasteiger partial charge in [-0.05, 0) is 81.6 Å². The third-order valence-electron chi connectivity index (χ3n) is 5.16. The second kappa shape index (κ2) is 28.0. The Bertz CT molecular complexity index is 1730. The van der Waals surface area contributed by atoms with Crippen LogP contribution in [0.2, 0.25) is 15.5 Å². The number of amidine groups is 1. The number of nitrogen functional groups attached to an aromatic ring is 1. The molecule has 1 aliphatic heterocycles. The van der Waals surface area contributed by atoms with Crippen molar-refractivity contribution >= 4 is 58.2 Å². The molecule has 0 atom stereocenters. The molecule has 14 nitrogen and oxygen atoms in total. The van der Waals surface area contributed by atoms with Crippen LogP contribution in [-0.2, 0) is 19.1 Å². The van der Waals surface area contributed by atoms with Crippen molar-refractivity contribution < 1.29 is 54.1 Å². The Balaban J connectivity index is 0. The summed E-state index contributed by atoms with van der Waals surface area (Å²) in [5.41, 5.74) is 6.57. The number of pyridine rings is 3. The van der Waals surface area contributed by atoms with Gasteiger partial charge in [0.2, 0.25) is 5.15 Å². The van der Waals surface area contributed by atoms with Crippen molar-refractivity contribution in [2.45, 2.75) is 40.0 Å². The predicted octanol–water partition coefficient (Wildman–Crippen LogP) is 3.25. The molecule has 5 rings (SSSR count). The molecular weight excluding hydrogens is 722 g/mol. The van der Waals surface area contributed by atoms with E-state index in [1.54, 1.807) is 68.4 Å². The molecule has 5 N–H and O–H groups in total. The van der Waals surface area contributed by atoms with Crippen LogP contribution in [0, 0.1) is 18.9 Å². The van der Waals surface area contributed by atoms with Crippen LogP contribution >= 0.6 is 34.8 Å². The molecule has 1 aliphatic rings. The molecule has 4 aromatic rings. The number of nitrogens with zero attached hydrogens (tertiary/aromatic N) is 5. The molecule has 0 aliphatic carbocycles. The van der Waals surface area contributed by atoms with Gasteiger partial charge < -0.3 is 30.5 Å². The van der Waals surface area contributed by atoms with Gasteiger partial charge in [0.15, 0.2) is 5.82 Å². The minimum absolute atomic E-state index is 0. The number of carbonyl (C=O) groups excluding carboxylic acids is 2. The van der Waals surface area contributed by atoms with Gasteiger partial charge in [0.25, 0.3) is 11.4 Å². The van der Waals surface area contributed by atoms with E-state index in [2.05, 4.69) is 34.5 Å². The number of halogens is 3. The molecule has 4 aromatic heterocycles. The number of aromatic nitrogens is 5. The number of carbonyl (C=O) groups is 2. The molecule has 0 aromatic carbocycles. The summed E-state index contributed by atoms with van der Waals surface area (Å²) in [5, 5.41) is 8.08. The van der Waals surface area contributed by atoms with Gasteiger partial charge in [-0.25, -0.2) is 15.0 Å². The maximum absolute atomic E-state index is 11.2. The fraction of sp³-hybridized carbons (Fsp3) is 0.281. The third kappa shape index (κ3) is 22.8. The average molecular weight is 758 g/mol. The molecule has 0 spiro atoms. The minimum atomic E-state index is -0.440. The fourth-order valence-corrected chi connectivity index (χ4v) is 3.67. The van der Waals surface area contributed by atoms with Crippen LogP contribution in [-0.4, -0.2) is 67.8 Å². The largest absolute Gasteiger partial charge is 1.00 e. The van der Waals surface area contributed by atoms with Crippen molar-refractivity contribution in [2.75, 3.05) is 19.8 Å². The molecule has 262 valence electrons. The van der Waals surface area contributed by atoms with E-state index in [1.165, 1.54) is 25.8 Å². The Kier molecular flexibility index (Phi) is 27.0. The molecule has 18 heteroatoms. The van der Waals surface area contributed by atoms with Crippen molar-refractivity contribution in [3.63, 3.8) is 0 Å². The number of aryl methyl sites for hydroxylation is 1. The number of ketones is 1. The number of rotatable bonds is 5. The summed E-state index contributed by atoms with van der Waals surface area (Å²) in [6.45, 7) is 13.7. The maximum atomic E-state index is 11.2. The van der Waals surface area contributed by atoms with Crippen molar-refractivity contribution in [2.24, 2.45) is 5.73 Å². The number of nitrogens with two attached hydrogens (primary N) is 1. The minimum Gasteiger partial charge on any atom is -0.870 e. The normalized spacial score (nSPS) is 10.4. The van der Waals surface area contributed by atoms with Crippen molar-refractivity contribution in [1.29, 1.82) is 5.41 Å². The van der Waals surface area contributed by atoms with Gasteiger partial charge in [-0.15, -0.1) is 4.98 Å². The summed E-state index contributed by atoms with van der Waals surface area (Å²) in [7, 11) is 0. The van der Waals surface area contributed by atoms with Crippen LogP contribution in [0.5, 0.6) is 0 Å². The van der Waals surface area contributed by atoms with Gasteiger partial charge in [0, 0.05) is 25.0 Å². The van der Waals surface area contributed by atoms with Gasteiger partial charge in [-0.2, -0.15) is 0 Å². The molecule has 0 unspecified atom stereocenters. The number of Topliss-reactive ketones (excluding diaryl/α,β-unsaturated/α-hetero) is 1.